The van der Waals surface area contributed by atoms with Gasteiger partial charge in [0.25, 0.3) is 0 Å². The second kappa shape index (κ2) is 9.44. The third-order valence-electron chi connectivity index (χ3n) is 3.23. The number of unbranched alkanes of at least 4 members (excludes halogenated alkanes) is 4. The lowest BCUT2D eigenvalue weighted by Crippen LogP contribution is -2.09. The zero-order chi connectivity index (χ0) is 17.4. The van der Waals surface area contributed by atoms with Gasteiger partial charge in [0.2, 0.25) is 5.82 Å². The van der Waals surface area contributed by atoms with Gasteiger partial charge in [0.05, 0.1) is 12.2 Å². The highest BCUT2D eigenvalue weighted by molar-refractivity contribution is 5.66. The topological polar surface area (TPSA) is 46.5 Å². The fourth-order valence-corrected chi connectivity index (χ4v) is 1.96. The Labute approximate surface area is 130 Å². The number of carboxylic acid groups (broad SMARTS) is 1. The Hall–Kier alpha value is -1.70. The molecule has 0 aliphatic carbocycles. The minimum atomic E-state index is -2.19. The molecule has 8 heteroatoms. The van der Waals surface area contributed by atoms with Crippen LogP contribution in [0.15, 0.2) is 0 Å². The van der Waals surface area contributed by atoms with Crippen molar-refractivity contribution in [3.8, 4) is 0 Å². The van der Waals surface area contributed by atoms with E-state index in [-0.39, 0.29) is 13.0 Å². The first-order valence-electron chi connectivity index (χ1n) is 7.16. The van der Waals surface area contributed by atoms with Crippen LogP contribution in [0.5, 0.6) is 0 Å². The maximum Gasteiger partial charge on any atom is 0.303 e. The van der Waals surface area contributed by atoms with E-state index < -0.39 is 47.2 Å². The van der Waals surface area contributed by atoms with Crippen molar-refractivity contribution in [2.75, 3.05) is 6.61 Å². The van der Waals surface area contributed by atoms with Crippen LogP contribution in [-0.4, -0.2) is 17.7 Å². The molecule has 0 aliphatic heterocycles. The third kappa shape index (κ3) is 5.78. The zero-order valence-corrected chi connectivity index (χ0v) is 12.3. The average Bonchev–Trinajstić information content (AvgIpc) is 2.52. The van der Waals surface area contributed by atoms with Crippen molar-refractivity contribution in [2.24, 2.45) is 0 Å². The van der Waals surface area contributed by atoms with Gasteiger partial charge >= 0.3 is 5.97 Å². The Morgan fingerprint density at radius 2 is 1.26 bits per heavy atom. The standard InChI is InChI=1S/C15H17F5O3/c16-11-9(12(17)14(19)15(20)13(11)18)8-23-7-5-3-1-2-4-6-10(21)22/h1-8H2,(H,21,22). The van der Waals surface area contributed by atoms with Crippen molar-refractivity contribution in [3.63, 3.8) is 0 Å². The van der Waals surface area contributed by atoms with Gasteiger partial charge in [-0.2, -0.15) is 0 Å². The molecule has 0 fully saturated rings. The summed E-state index contributed by atoms with van der Waals surface area (Å²) >= 11 is 0. The molecule has 0 aliphatic rings. The molecule has 23 heavy (non-hydrogen) atoms. The van der Waals surface area contributed by atoms with E-state index in [1.165, 1.54) is 0 Å². The molecule has 0 atom stereocenters. The van der Waals surface area contributed by atoms with Crippen LogP contribution in [0, 0.1) is 29.1 Å². The molecule has 0 heterocycles. The van der Waals surface area contributed by atoms with Gasteiger partial charge in [-0.05, 0) is 12.8 Å². The quantitative estimate of drug-likeness (QED) is 0.299. The minimum absolute atomic E-state index is 0.108. The third-order valence-corrected chi connectivity index (χ3v) is 3.23. The highest BCUT2D eigenvalue weighted by Gasteiger charge is 2.25. The van der Waals surface area contributed by atoms with Crippen LogP contribution in [0.3, 0.4) is 0 Å². The fourth-order valence-electron chi connectivity index (χ4n) is 1.96. The summed E-state index contributed by atoms with van der Waals surface area (Å²) in [6, 6.07) is 0. The van der Waals surface area contributed by atoms with Crippen molar-refractivity contribution >= 4 is 5.97 Å². The van der Waals surface area contributed by atoms with Gasteiger partial charge in [-0.25, -0.2) is 22.0 Å². The SMILES string of the molecule is O=C(O)CCCCCCCOCc1c(F)c(F)c(F)c(F)c1F. The molecule has 1 aromatic carbocycles. The first kappa shape index (κ1) is 19.3. The molecule has 0 unspecified atom stereocenters. The molecule has 0 saturated heterocycles. The second-order valence-corrected chi connectivity index (χ2v) is 5.01. The highest BCUT2D eigenvalue weighted by atomic mass is 19.2. The minimum Gasteiger partial charge on any atom is -0.481 e. The lowest BCUT2D eigenvalue weighted by Gasteiger charge is -2.09. The van der Waals surface area contributed by atoms with Crippen molar-refractivity contribution in [1.29, 1.82) is 0 Å². The summed E-state index contributed by atoms with van der Waals surface area (Å²) in [5, 5.41) is 8.44. The zero-order valence-electron chi connectivity index (χ0n) is 12.3. The number of carboxylic acids is 1. The maximum atomic E-state index is 13.3. The predicted molar refractivity (Wildman–Crippen MR) is 71.2 cm³/mol. The van der Waals surface area contributed by atoms with E-state index in [2.05, 4.69) is 0 Å². The molecule has 0 amide bonds. The largest absolute Gasteiger partial charge is 0.481 e. The van der Waals surface area contributed by atoms with E-state index in [0.29, 0.717) is 12.8 Å². The molecule has 0 radical (unpaired) electrons. The van der Waals surface area contributed by atoms with Crippen molar-refractivity contribution in [1.82, 2.24) is 0 Å². The van der Waals surface area contributed by atoms with E-state index in [1.807, 2.05) is 0 Å². The lowest BCUT2D eigenvalue weighted by molar-refractivity contribution is -0.137. The van der Waals surface area contributed by atoms with E-state index in [4.69, 9.17) is 9.84 Å². The lowest BCUT2D eigenvalue weighted by atomic mass is 10.1. The Morgan fingerprint density at radius 3 is 1.83 bits per heavy atom. The predicted octanol–water partition coefficient (Wildman–Crippen LogP) is 4.32. The molecule has 0 bridgehead atoms. The number of aliphatic carboxylic acids is 1. The summed E-state index contributed by atoms with van der Waals surface area (Å²) in [4.78, 5) is 10.3. The summed E-state index contributed by atoms with van der Waals surface area (Å²) in [6.07, 6.45) is 3.46. The molecular weight excluding hydrogens is 323 g/mol. The molecule has 0 saturated carbocycles. The number of rotatable bonds is 10. The average molecular weight is 340 g/mol. The van der Waals surface area contributed by atoms with Crippen LogP contribution >= 0.6 is 0 Å². The van der Waals surface area contributed by atoms with Gasteiger partial charge in [0.15, 0.2) is 23.3 Å². The monoisotopic (exact) mass is 340 g/mol. The molecule has 0 spiro atoms. The normalized spacial score (nSPS) is 11.0. The molecular formula is C15H17F5O3. The highest BCUT2D eigenvalue weighted by Crippen LogP contribution is 2.23. The summed E-state index contributed by atoms with van der Waals surface area (Å²) in [5.74, 6) is -10.8. The Morgan fingerprint density at radius 1 is 0.783 bits per heavy atom. The van der Waals surface area contributed by atoms with Crippen LogP contribution in [-0.2, 0) is 16.1 Å². The van der Waals surface area contributed by atoms with Gasteiger partial charge in [-0.1, -0.05) is 19.3 Å². The first-order valence-corrected chi connectivity index (χ1v) is 7.16. The van der Waals surface area contributed by atoms with Crippen LogP contribution in [0.2, 0.25) is 0 Å². The van der Waals surface area contributed by atoms with Gasteiger partial charge in [0.1, 0.15) is 0 Å². The van der Waals surface area contributed by atoms with Gasteiger partial charge < -0.3 is 9.84 Å². The Bertz CT molecular complexity index is 519. The van der Waals surface area contributed by atoms with Crippen LogP contribution in [0.4, 0.5) is 22.0 Å². The number of hydrogen-bond acceptors (Lipinski definition) is 2. The molecule has 130 valence electrons. The van der Waals surface area contributed by atoms with E-state index in [1.54, 1.807) is 0 Å². The van der Waals surface area contributed by atoms with Crippen LogP contribution < -0.4 is 0 Å². The molecule has 1 aromatic rings. The van der Waals surface area contributed by atoms with Crippen molar-refractivity contribution < 1.29 is 36.6 Å². The molecule has 1 rings (SSSR count). The van der Waals surface area contributed by atoms with E-state index >= 15 is 0 Å². The number of hydrogen-bond donors (Lipinski definition) is 1. The van der Waals surface area contributed by atoms with Gasteiger partial charge in [-0.15, -0.1) is 0 Å². The number of carbonyl (C=O) groups is 1. The van der Waals surface area contributed by atoms with Gasteiger partial charge in [-0.3, -0.25) is 4.79 Å². The number of ether oxygens (including phenoxy) is 1. The van der Waals surface area contributed by atoms with E-state index in [0.717, 1.165) is 19.3 Å². The number of halogens is 5. The number of benzene rings is 1. The summed E-state index contributed by atoms with van der Waals surface area (Å²) in [7, 11) is 0. The first-order chi connectivity index (χ1) is 10.9. The molecule has 1 N–H and O–H groups in total. The summed E-state index contributed by atoms with van der Waals surface area (Å²) < 4.78 is 70.3. The van der Waals surface area contributed by atoms with Crippen LogP contribution in [0.25, 0.3) is 0 Å². The van der Waals surface area contributed by atoms with Crippen molar-refractivity contribution in [2.45, 2.75) is 45.1 Å². The smallest absolute Gasteiger partial charge is 0.303 e. The molecule has 3 nitrogen and oxygen atoms in total. The van der Waals surface area contributed by atoms with E-state index in [9.17, 15) is 26.7 Å². The molecule has 0 aromatic heterocycles. The Balaban J connectivity index is 2.31. The van der Waals surface area contributed by atoms with Gasteiger partial charge in [0, 0.05) is 13.0 Å². The van der Waals surface area contributed by atoms with Crippen molar-refractivity contribution in [3.05, 3.63) is 34.6 Å². The fraction of sp³-hybridized carbons (Fsp3) is 0.533. The Kier molecular flexibility index (Phi) is 7.94. The summed E-state index contributed by atoms with van der Waals surface area (Å²) in [6.45, 7) is -0.594. The second-order valence-electron chi connectivity index (χ2n) is 5.01. The maximum absolute atomic E-state index is 13.3. The summed E-state index contributed by atoms with van der Waals surface area (Å²) in [5.41, 5.74) is -0.983. The van der Waals surface area contributed by atoms with Crippen LogP contribution in [0.1, 0.15) is 44.1 Å².